The summed E-state index contributed by atoms with van der Waals surface area (Å²) in [5.41, 5.74) is 1.33. The number of esters is 1. The van der Waals surface area contributed by atoms with Gasteiger partial charge in [-0.2, -0.15) is 0 Å². The van der Waals surface area contributed by atoms with Crippen LogP contribution in [0.4, 0.5) is 5.69 Å². The number of aryl methyl sites for hydroxylation is 1. The highest BCUT2D eigenvalue weighted by Crippen LogP contribution is 2.22. The Morgan fingerprint density at radius 1 is 0.848 bits per heavy atom. The van der Waals surface area contributed by atoms with Crippen molar-refractivity contribution >= 4 is 27.6 Å². The fourth-order valence-corrected chi connectivity index (χ4v) is 3.58. The van der Waals surface area contributed by atoms with E-state index in [0.29, 0.717) is 23.6 Å². The average Bonchev–Trinajstić information content (AvgIpc) is 2.83. The van der Waals surface area contributed by atoms with Crippen molar-refractivity contribution in [1.29, 1.82) is 0 Å². The number of hydrogen-bond donors (Lipinski definition) is 2. The summed E-state index contributed by atoms with van der Waals surface area (Å²) in [5.74, 6) is 0.354. The number of carbonyl (C=O) groups excluding carboxylic acids is 2. The fourth-order valence-electron chi connectivity index (χ4n) is 2.85. The van der Waals surface area contributed by atoms with Gasteiger partial charge in [-0.15, -0.1) is 0 Å². The fraction of sp³-hybridized carbons (Fsp3) is 0.167. The van der Waals surface area contributed by atoms with Gasteiger partial charge in [-0.25, -0.2) is 13.1 Å². The lowest BCUT2D eigenvalue weighted by Crippen LogP contribution is -2.21. The zero-order valence-electron chi connectivity index (χ0n) is 18.0. The van der Waals surface area contributed by atoms with Gasteiger partial charge in [0.25, 0.3) is 5.91 Å². The molecule has 1 amide bonds. The summed E-state index contributed by atoms with van der Waals surface area (Å²) in [4.78, 5) is 24.1. The van der Waals surface area contributed by atoms with Crippen LogP contribution in [-0.2, 0) is 30.8 Å². The van der Waals surface area contributed by atoms with Gasteiger partial charge < -0.3 is 14.8 Å². The van der Waals surface area contributed by atoms with Gasteiger partial charge in [0, 0.05) is 12.1 Å². The molecular weight excluding hydrogens is 444 g/mol. The number of carbonyl (C=O) groups is 2. The van der Waals surface area contributed by atoms with E-state index in [0.717, 1.165) is 5.56 Å². The minimum absolute atomic E-state index is 0.0664. The summed E-state index contributed by atoms with van der Waals surface area (Å²) in [6.07, 6.45) is 0.431. The Hall–Kier alpha value is -3.69. The second kappa shape index (κ2) is 11.3. The van der Waals surface area contributed by atoms with Crippen LogP contribution in [0.25, 0.3) is 0 Å². The number of nitrogens with one attached hydrogen (secondary N) is 2. The molecule has 0 atom stereocenters. The van der Waals surface area contributed by atoms with E-state index in [1.807, 2.05) is 30.3 Å². The summed E-state index contributed by atoms with van der Waals surface area (Å²) in [5, 5.41) is 2.65. The molecule has 0 aromatic heterocycles. The first-order valence-electron chi connectivity index (χ1n) is 10.2. The Kier molecular flexibility index (Phi) is 8.17. The van der Waals surface area contributed by atoms with Gasteiger partial charge in [0.05, 0.1) is 4.90 Å². The minimum atomic E-state index is -3.50. The molecule has 0 saturated heterocycles. The lowest BCUT2D eigenvalue weighted by molar-refractivity contribution is -0.147. The molecule has 33 heavy (non-hydrogen) atoms. The molecule has 8 nitrogen and oxygen atoms in total. The van der Waals surface area contributed by atoms with Gasteiger partial charge in [0.2, 0.25) is 10.0 Å². The third-order valence-electron chi connectivity index (χ3n) is 4.60. The van der Waals surface area contributed by atoms with E-state index in [-0.39, 0.29) is 11.3 Å². The van der Waals surface area contributed by atoms with E-state index < -0.39 is 28.5 Å². The summed E-state index contributed by atoms with van der Waals surface area (Å²) < 4.78 is 36.4. The summed E-state index contributed by atoms with van der Waals surface area (Å²) in [6, 6.07) is 22.4. The first kappa shape index (κ1) is 24.0. The zero-order chi connectivity index (χ0) is 23.7. The van der Waals surface area contributed by atoms with Crippen LogP contribution in [0, 0.1) is 0 Å². The quantitative estimate of drug-likeness (QED) is 0.441. The Labute approximate surface area is 192 Å². The highest BCUT2D eigenvalue weighted by Gasteiger charge is 2.12. The second-order valence-electron chi connectivity index (χ2n) is 7.00. The number of sulfonamides is 1. The monoisotopic (exact) mass is 468 g/mol. The van der Waals surface area contributed by atoms with Gasteiger partial charge >= 0.3 is 5.97 Å². The number of rotatable bonds is 10. The molecule has 3 aromatic carbocycles. The maximum atomic E-state index is 12.0. The summed E-state index contributed by atoms with van der Waals surface area (Å²) in [6.45, 7) is -0.402. The number of anilines is 1. The van der Waals surface area contributed by atoms with Crippen molar-refractivity contribution in [2.75, 3.05) is 19.0 Å². The van der Waals surface area contributed by atoms with Gasteiger partial charge in [-0.05, 0) is 67.6 Å². The third kappa shape index (κ3) is 7.44. The first-order valence-corrected chi connectivity index (χ1v) is 11.6. The molecule has 0 bridgehead atoms. The molecule has 0 aliphatic rings. The Balaban J connectivity index is 1.40. The van der Waals surface area contributed by atoms with Gasteiger partial charge in [-0.1, -0.05) is 30.3 Å². The number of amides is 1. The molecule has 172 valence electrons. The molecule has 3 rings (SSSR count). The summed E-state index contributed by atoms with van der Waals surface area (Å²) >= 11 is 0. The zero-order valence-corrected chi connectivity index (χ0v) is 18.8. The molecular formula is C24H24N2O6S. The normalized spacial score (nSPS) is 10.9. The minimum Gasteiger partial charge on any atom is -0.457 e. The van der Waals surface area contributed by atoms with Crippen molar-refractivity contribution in [3.63, 3.8) is 0 Å². The molecule has 0 aliphatic carbocycles. The van der Waals surface area contributed by atoms with Crippen LogP contribution >= 0.6 is 0 Å². The molecule has 0 radical (unpaired) electrons. The van der Waals surface area contributed by atoms with Crippen LogP contribution in [0.2, 0.25) is 0 Å². The molecule has 0 fully saturated rings. The number of ether oxygens (including phenoxy) is 2. The number of hydrogen-bond acceptors (Lipinski definition) is 6. The molecule has 9 heteroatoms. The predicted molar refractivity (Wildman–Crippen MR) is 124 cm³/mol. The molecule has 0 heterocycles. The number of para-hydroxylation sites is 1. The topological polar surface area (TPSA) is 111 Å². The van der Waals surface area contributed by atoms with Crippen molar-refractivity contribution in [3.8, 4) is 11.5 Å². The van der Waals surface area contributed by atoms with Crippen molar-refractivity contribution in [2.45, 2.75) is 17.7 Å². The highest BCUT2D eigenvalue weighted by atomic mass is 32.2. The second-order valence-corrected chi connectivity index (χ2v) is 8.89. The maximum Gasteiger partial charge on any atom is 0.306 e. The smallest absolute Gasteiger partial charge is 0.306 e. The van der Waals surface area contributed by atoms with E-state index >= 15 is 0 Å². The van der Waals surface area contributed by atoms with E-state index in [2.05, 4.69) is 10.0 Å². The van der Waals surface area contributed by atoms with Crippen LogP contribution in [0.3, 0.4) is 0 Å². The lowest BCUT2D eigenvalue weighted by Gasteiger charge is -2.09. The van der Waals surface area contributed by atoms with Crippen molar-refractivity contribution in [3.05, 3.63) is 84.4 Å². The first-order chi connectivity index (χ1) is 15.9. The average molecular weight is 469 g/mol. The standard InChI is InChI=1S/C24H24N2O6S/c1-25-33(29,30)22-14-7-18(8-15-22)9-16-24(28)31-17-23(27)26-19-10-12-21(13-11-19)32-20-5-3-2-4-6-20/h2-8,10-15,25H,9,16-17H2,1H3,(H,26,27). The van der Waals surface area contributed by atoms with Crippen LogP contribution in [0.15, 0.2) is 83.8 Å². The van der Waals surface area contributed by atoms with Gasteiger partial charge in [0.15, 0.2) is 6.61 Å². The maximum absolute atomic E-state index is 12.0. The van der Waals surface area contributed by atoms with Crippen LogP contribution in [0.1, 0.15) is 12.0 Å². The molecule has 2 N–H and O–H groups in total. The molecule has 0 unspecified atom stereocenters. The van der Waals surface area contributed by atoms with Gasteiger partial charge in [-0.3, -0.25) is 9.59 Å². The van der Waals surface area contributed by atoms with E-state index in [1.54, 1.807) is 36.4 Å². The van der Waals surface area contributed by atoms with E-state index in [1.165, 1.54) is 19.2 Å². The van der Waals surface area contributed by atoms with E-state index in [4.69, 9.17) is 9.47 Å². The Bertz CT molecular complexity index is 1180. The van der Waals surface area contributed by atoms with Crippen LogP contribution in [0.5, 0.6) is 11.5 Å². The van der Waals surface area contributed by atoms with Crippen LogP contribution < -0.4 is 14.8 Å². The van der Waals surface area contributed by atoms with Gasteiger partial charge in [0.1, 0.15) is 11.5 Å². The Morgan fingerprint density at radius 3 is 2.12 bits per heavy atom. The molecule has 0 spiro atoms. The molecule has 0 saturated carbocycles. The number of benzene rings is 3. The third-order valence-corrected chi connectivity index (χ3v) is 6.03. The Morgan fingerprint density at radius 2 is 1.48 bits per heavy atom. The predicted octanol–water partition coefficient (Wildman–Crippen LogP) is 3.50. The van der Waals surface area contributed by atoms with Crippen molar-refractivity contribution in [2.24, 2.45) is 0 Å². The highest BCUT2D eigenvalue weighted by molar-refractivity contribution is 7.89. The lowest BCUT2D eigenvalue weighted by atomic mass is 10.1. The van der Waals surface area contributed by atoms with Crippen molar-refractivity contribution in [1.82, 2.24) is 4.72 Å². The van der Waals surface area contributed by atoms with Crippen LogP contribution in [-0.4, -0.2) is 33.9 Å². The molecule has 0 aliphatic heterocycles. The largest absolute Gasteiger partial charge is 0.457 e. The van der Waals surface area contributed by atoms with Crippen molar-refractivity contribution < 1.29 is 27.5 Å². The summed E-state index contributed by atoms with van der Waals surface area (Å²) in [7, 11) is -2.16. The SMILES string of the molecule is CNS(=O)(=O)c1ccc(CCC(=O)OCC(=O)Nc2ccc(Oc3ccccc3)cc2)cc1. The van der Waals surface area contributed by atoms with E-state index in [9.17, 15) is 18.0 Å². The molecule has 3 aromatic rings.